The fraction of sp³-hybridized carbons (Fsp3) is 0.938. The van der Waals surface area contributed by atoms with Crippen LogP contribution in [0.2, 0.25) is 0 Å². The van der Waals surface area contributed by atoms with Gasteiger partial charge in [0.25, 0.3) is 7.82 Å². The molecule has 3 unspecified atom stereocenters. The summed E-state index contributed by atoms with van der Waals surface area (Å²) in [6, 6.07) is -0.903. The van der Waals surface area contributed by atoms with E-state index in [-0.39, 0.29) is 19.1 Å². The Bertz CT molecular complexity index is 1520. The molecule has 0 saturated carbocycles. The van der Waals surface area contributed by atoms with Gasteiger partial charge in [0.05, 0.1) is 39.9 Å². The van der Waals surface area contributed by atoms with Gasteiger partial charge in [-0.25, -0.2) is 0 Å². The molecule has 0 aliphatic carbocycles. The minimum absolute atomic E-state index is 0.00324. The number of rotatable bonds is 77. The lowest BCUT2D eigenvalue weighted by atomic mass is 10.0. The van der Waals surface area contributed by atoms with Crippen LogP contribution in [-0.2, 0) is 18.4 Å². The summed E-state index contributed by atoms with van der Waals surface area (Å²) in [5.41, 5.74) is 0. The number of aliphatic hydroxyl groups excluding tert-OH is 1. The van der Waals surface area contributed by atoms with Crippen molar-refractivity contribution in [1.29, 1.82) is 0 Å². The number of amides is 1. The first kappa shape index (κ1) is 89.0. The number of likely N-dealkylation sites (N-methyl/N-ethyl adjacent to an activating group) is 1. The fourth-order valence-corrected chi connectivity index (χ4v) is 13.6. The van der Waals surface area contributed by atoms with E-state index in [1.54, 1.807) is 6.08 Å². The Balaban J connectivity index is 3.95. The Morgan fingerprint density at radius 3 is 0.900 bits per heavy atom. The molecule has 8 nitrogen and oxygen atoms in total. The van der Waals surface area contributed by atoms with Gasteiger partial charge in [-0.3, -0.25) is 9.36 Å². The predicted molar refractivity (Wildman–Crippen MR) is 395 cm³/mol. The monoisotopic (exact) mass is 1290 g/mol. The molecular formula is C81H161N2O6P. The van der Waals surface area contributed by atoms with E-state index in [9.17, 15) is 19.4 Å². The van der Waals surface area contributed by atoms with Crippen LogP contribution in [0.3, 0.4) is 0 Å². The van der Waals surface area contributed by atoms with E-state index in [1.165, 1.54) is 379 Å². The van der Waals surface area contributed by atoms with E-state index in [0.717, 1.165) is 38.5 Å². The van der Waals surface area contributed by atoms with Crippen molar-refractivity contribution in [3.8, 4) is 0 Å². The molecule has 0 saturated heterocycles. The first-order valence-corrected chi connectivity index (χ1v) is 42.2. The Labute approximate surface area is 564 Å². The van der Waals surface area contributed by atoms with Crippen LogP contribution in [0.1, 0.15) is 438 Å². The molecule has 2 N–H and O–H groups in total. The molecule has 0 fully saturated rings. The lowest BCUT2D eigenvalue weighted by Crippen LogP contribution is -2.45. The third-order valence-corrected chi connectivity index (χ3v) is 20.1. The van der Waals surface area contributed by atoms with Gasteiger partial charge in [0, 0.05) is 6.42 Å². The molecular weight excluding hydrogens is 1130 g/mol. The number of quaternary nitrogens is 1. The molecule has 0 heterocycles. The molecule has 1 amide bonds. The Morgan fingerprint density at radius 1 is 0.378 bits per heavy atom. The number of carbonyl (C=O) groups is 1. The fourth-order valence-electron chi connectivity index (χ4n) is 12.9. The average molecular weight is 1290 g/mol. The second-order valence-corrected chi connectivity index (χ2v) is 30.9. The Kier molecular flexibility index (Phi) is 71.4. The van der Waals surface area contributed by atoms with Gasteiger partial charge in [-0.05, 0) is 32.1 Å². The summed E-state index contributed by atoms with van der Waals surface area (Å²) in [6.07, 6.45) is 96.6. The van der Waals surface area contributed by atoms with Crippen LogP contribution < -0.4 is 10.2 Å². The van der Waals surface area contributed by atoms with Crippen LogP contribution in [0.15, 0.2) is 24.3 Å². The van der Waals surface area contributed by atoms with E-state index in [1.807, 2.05) is 27.2 Å². The summed E-state index contributed by atoms with van der Waals surface area (Å²) in [5.74, 6) is -0.196. The summed E-state index contributed by atoms with van der Waals surface area (Å²) in [4.78, 5) is 25.7. The standard InChI is InChI=1S/C81H161N2O6P/c1-6-8-10-12-14-16-18-20-22-24-26-28-30-32-34-36-38-39-40-41-42-43-45-47-49-51-53-55-57-59-61-63-65-67-69-71-73-75-81(85)82-79(78-89-90(86,87)88-77-76-83(3,4)5)80(84)74-72-70-68-66-64-62-60-58-56-54-52-50-48-46-44-37-35-33-31-29-27-25-23-21-19-17-15-13-11-9-7-2/h64,66,72,74,79-80,84H,6-63,65,67-71,73,75-78H2,1-5H3,(H-,82,85,86,87)/b66-64+,74-72+. The van der Waals surface area contributed by atoms with Gasteiger partial charge < -0.3 is 28.8 Å². The minimum Gasteiger partial charge on any atom is -0.756 e. The van der Waals surface area contributed by atoms with Gasteiger partial charge in [0.1, 0.15) is 13.2 Å². The summed E-state index contributed by atoms with van der Waals surface area (Å²) in [6.45, 7) is 4.71. The van der Waals surface area contributed by atoms with Gasteiger partial charge >= 0.3 is 0 Å². The van der Waals surface area contributed by atoms with Crippen LogP contribution in [0.5, 0.6) is 0 Å². The molecule has 0 spiro atoms. The van der Waals surface area contributed by atoms with E-state index in [0.29, 0.717) is 17.4 Å². The van der Waals surface area contributed by atoms with Crippen molar-refractivity contribution >= 4 is 13.7 Å². The number of carbonyl (C=O) groups excluding carboxylic acids is 1. The highest BCUT2D eigenvalue weighted by Gasteiger charge is 2.23. The van der Waals surface area contributed by atoms with Gasteiger partial charge in [0.2, 0.25) is 5.91 Å². The molecule has 0 bridgehead atoms. The molecule has 0 rings (SSSR count). The third kappa shape index (κ3) is 74.4. The second kappa shape index (κ2) is 72.3. The van der Waals surface area contributed by atoms with E-state index in [2.05, 4.69) is 31.3 Å². The number of phosphoric acid groups is 1. The maximum Gasteiger partial charge on any atom is 0.268 e. The molecule has 9 heteroatoms. The van der Waals surface area contributed by atoms with Gasteiger partial charge in [0.15, 0.2) is 0 Å². The van der Waals surface area contributed by atoms with E-state index < -0.39 is 20.0 Å². The molecule has 3 atom stereocenters. The largest absolute Gasteiger partial charge is 0.756 e. The quantitative estimate of drug-likeness (QED) is 0.0272. The van der Waals surface area contributed by atoms with Crippen LogP contribution in [0.25, 0.3) is 0 Å². The molecule has 536 valence electrons. The Morgan fingerprint density at radius 2 is 0.622 bits per heavy atom. The average Bonchev–Trinajstić information content (AvgIpc) is 3.39. The molecule has 0 aliphatic rings. The number of unbranched alkanes of at least 4 members (excludes halogenated alkanes) is 62. The van der Waals surface area contributed by atoms with Crippen molar-refractivity contribution in [3.63, 3.8) is 0 Å². The maximum absolute atomic E-state index is 13.1. The number of hydrogen-bond donors (Lipinski definition) is 2. The summed E-state index contributed by atoms with van der Waals surface area (Å²) in [5, 5.41) is 14.0. The SMILES string of the molecule is CCCCCCCCCCCCCCCCCCCCCCCCCCC/C=C/CC/C=C/C(O)C(COP(=O)([O-])OCC[N+](C)(C)C)NC(=O)CCCCCCCCCCCCCCCCCCCCCCCCCCCCCCCCCCCCCCC. The van der Waals surface area contributed by atoms with Crippen LogP contribution >= 0.6 is 7.82 Å². The minimum atomic E-state index is -4.61. The zero-order valence-corrected chi connectivity index (χ0v) is 62.5. The van der Waals surface area contributed by atoms with Crippen molar-refractivity contribution in [3.05, 3.63) is 24.3 Å². The maximum atomic E-state index is 13.1. The van der Waals surface area contributed by atoms with Crippen molar-refractivity contribution in [1.82, 2.24) is 5.32 Å². The number of hydrogen-bond acceptors (Lipinski definition) is 6. The lowest BCUT2D eigenvalue weighted by Gasteiger charge is -2.29. The summed E-state index contributed by atoms with van der Waals surface area (Å²) >= 11 is 0. The van der Waals surface area contributed by atoms with Gasteiger partial charge in [-0.15, -0.1) is 0 Å². The van der Waals surface area contributed by atoms with Crippen LogP contribution in [0, 0.1) is 0 Å². The topological polar surface area (TPSA) is 108 Å². The van der Waals surface area contributed by atoms with Crippen molar-refractivity contribution in [2.45, 2.75) is 450 Å². The van der Waals surface area contributed by atoms with Gasteiger partial charge in [-0.1, -0.05) is 423 Å². The molecule has 0 aromatic heterocycles. The smallest absolute Gasteiger partial charge is 0.268 e. The van der Waals surface area contributed by atoms with E-state index in [4.69, 9.17) is 9.05 Å². The van der Waals surface area contributed by atoms with Crippen molar-refractivity contribution in [2.75, 3.05) is 40.9 Å². The normalized spacial score (nSPS) is 13.5. The van der Waals surface area contributed by atoms with Crippen LogP contribution in [-0.4, -0.2) is 68.5 Å². The summed E-state index contributed by atoms with van der Waals surface area (Å²) < 4.78 is 23.5. The van der Waals surface area contributed by atoms with Crippen molar-refractivity contribution in [2.24, 2.45) is 0 Å². The summed E-state index contributed by atoms with van der Waals surface area (Å²) in [7, 11) is 1.27. The molecule has 0 aromatic carbocycles. The highest BCUT2D eigenvalue weighted by molar-refractivity contribution is 7.45. The van der Waals surface area contributed by atoms with Crippen molar-refractivity contribution < 1.29 is 32.9 Å². The third-order valence-electron chi connectivity index (χ3n) is 19.2. The zero-order chi connectivity index (χ0) is 65.5. The van der Waals surface area contributed by atoms with Gasteiger partial charge in [-0.2, -0.15) is 0 Å². The number of allylic oxidation sites excluding steroid dienone is 3. The molecule has 90 heavy (non-hydrogen) atoms. The predicted octanol–water partition coefficient (Wildman–Crippen LogP) is 25.9. The number of nitrogens with zero attached hydrogens (tertiary/aromatic N) is 1. The zero-order valence-electron chi connectivity index (χ0n) is 61.6. The number of phosphoric ester groups is 1. The highest BCUT2D eigenvalue weighted by atomic mass is 31.2. The highest BCUT2D eigenvalue weighted by Crippen LogP contribution is 2.38. The number of aliphatic hydroxyl groups is 1. The molecule has 0 aromatic rings. The van der Waals surface area contributed by atoms with Crippen LogP contribution in [0.4, 0.5) is 0 Å². The molecule has 0 radical (unpaired) electrons. The first-order valence-electron chi connectivity index (χ1n) is 40.7. The second-order valence-electron chi connectivity index (χ2n) is 29.5. The first-order chi connectivity index (χ1) is 44.0. The lowest BCUT2D eigenvalue weighted by molar-refractivity contribution is -0.870. The Hall–Kier alpha value is -1.02. The van der Waals surface area contributed by atoms with E-state index >= 15 is 0 Å². The number of nitrogens with one attached hydrogen (secondary N) is 1. The molecule has 0 aliphatic heterocycles.